The van der Waals surface area contributed by atoms with Crippen molar-refractivity contribution < 1.29 is 24.2 Å². The SMILES string of the molecule is O=C(O)c1ccc(SCCN2C(=O)CC[C@@H]2/C=C/[C@@H](O)Cc2ccc(F)c(Cl)c2)s1. The number of aromatic carboxylic acids is 1. The standard InChI is InChI=1S/C21H21ClFNO4S2/c22-16-12-13(1-5-17(16)23)11-15(25)4-2-14-3-7-19(26)24(14)9-10-29-20-8-6-18(30-20)21(27)28/h1-2,4-6,8,12,14-15,25H,3,7,9-11H2,(H,27,28)/b4-2+/t14-,15+/m0/s1. The number of halogens is 2. The van der Waals surface area contributed by atoms with Gasteiger partial charge in [-0.05, 0) is 36.2 Å². The molecule has 2 heterocycles. The number of benzene rings is 1. The van der Waals surface area contributed by atoms with Gasteiger partial charge in [0, 0.05) is 25.1 Å². The van der Waals surface area contributed by atoms with Crippen LogP contribution in [0.5, 0.6) is 0 Å². The van der Waals surface area contributed by atoms with E-state index in [9.17, 15) is 19.1 Å². The third-order valence-electron chi connectivity index (χ3n) is 4.73. The van der Waals surface area contributed by atoms with Crippen molar-refractivity contribution in [2.75, 3.05) is 12.3 Å². The van der Waals surface area contributed by atoms with Crippen LogP contribution in [0.25, 0.3) is 0 Å². The van der Waals surface area contributed by atoms with Crippen LogP contribution in [0, 0.1) is 5.82 Å². The smallest absolute Gasteiger partial charge is 0.345 e. The maximum atomic E-state index is 13.2. The topological polar surface area (TPSA) is 77.8 Å². The normalized spacial score (nSPS) is 17.8. The fraction of sp³-hybridized carbons (Fsp3) is 0.333. The second kappa shape index (κ2) is 10.4. The van der Waals surface area contributed by atoms with E-state index in [1.54, 1.807) is 29.2 Å². The van der Waals surface area contributed by atoms with Crippen LogP contribution in [-0.2, 0) is 11.2 Å². The first-order valence-electron chi connectivity index (χ1n) is 9.39. The molecule has 1 aromatic carbocycles. The summed E-state index contributed by atoms with van der Waals surface area (Å²) in [4.78, 5) is 25.3. The summed E-state index contributed by atoms with van der Waals surface area (Å²) in [6.07, 6.45) is 4.21. The summed E-state index contributed by atoms with van der Waals surface area (Å²) in [6.45, 7) is 0.544. The number of carboxylic acids is 1. The number of carboxylic acid groups (broad SMARTS) is 1. The zero-order chi connectivity index (χ0) is 21.7. The second-order valence-corrected chi connectivity index (χ2v) is 9.76. The average molecular weight is 470 g/mol. The molecule has 1 aliphatic heterocycles. The largest absolute Gasteiger partial charge is 0.477 e. The van der Waals surface area contributed by atoms with Crippen molar-refractivity contribution in [1.29, 1.82) is 0 Å². The molecular formula is C21H21ClFNO4S2. The number of thiophene rings is 1. The molecule has 0 spiro atoms. The molecule has 5 nitrogen and oxygen atoms in total. The highest BCUT2D eigenvalue weighted by Crippen LogP contribution is 2.28. The van der Waals surface area contributed by atoms with Crippen LogP contribution >= 0.6 is 34.7 Å². The zero-order valence-electron chi connectivity index (χ0n) is 16.0. The summed E-state index contributed by atoms with van der Waals surface area (Å²) in [5.74, 6) is -0.701. The highest BCUT2D eigenvalue weighted by atomic mass is 35.5. The number of aliphatic hydroxyl groups is 1. The van der Waals surface area contributed by atoms with E-state index in [-0.39, 0.29) is 17.0 Å². The first-order valence-corrected chi connectivity index (χ1v) is 11.6. The fourth-order valence-corrected chi connectivity index (χ4v) is 5.42. The first-order chi connectivity index (χ1) is 14.3. The van der Waals surface area contributed by atoms with Crippen LogP contribution in [0.1, 0.15) is 28.1 Å². The van der Waals surface area contributed by atoms with Gasteiger partial charge in [0.15, 0.2) is 0 Å². The molecule has 1 amide bonds. The summed E-state index contributed by atoms with van der Waals surface area (Å²) in [7, 11) is 0. The van der Waals surface area contributed by atoms with Crippen molar-refractivity contribution >= 4 is 46.6 Å². The molecule has 30 heavy (non-hydrogen) atoms. The van der Waals surface area contributed by atoms with Crippen molar-refractivity contribution in [3.8, 4) is 0 Å². The van der Waals surface area contributed by atoms with E-state index in [4.69, 9.17) is 16.7 Å². The lowest BCUT2D eigenvalue weighted by Gasteiger charge is -2.22. The van der Waals surface area contributed by atoms with E-state index >= 15 is 0 Å². The molecule has 2 aromatic rings. The lowest BCUT2D eigenvalue weighted by molar-refractivity contribution is -0.128. The van der Waals surface area contributed by atoms with Crippen molar-refractivity contribution in [3.05, 3.63) is 63.8 Å². The minimum Gasteiger partial charge on any atom is -0.477 e. The van der Waals surface area contributed by atoms with Gasteiger partial charge >= 0.3 is 5.97 Å². The number of nitrogens with zero attached hydrogens (tertiary/aromatic N) is 1. The van der Waals surface area contributed by atoms with Gasteiger partial charge in [-0.1, -0.05) is 29.8 Å². The number of rotatable bonds is 9. The van der Waals surface area contributed by atoms with Gasteiger partial charge in [0.2, 0.25) is 5.91 Å². The molecule has 0 aliphatic carbocycles. The summed E-state index contributed by atoms with van der Waals surface area (Å²) in [5.41, 5.74) is 0.728. The maximum Gasteiger partial charge on any atom is 0.345 e. The Bertz CT molecular complexity index is 949. The van der Waals surface area contributed by atoms with Gasteiger partial charge in [0.25, 0.3) is 0 Å². The minimum absolute atomic E-state index is 0.0231. The number of carbonyl (C=O) groups is 2. The number of hydrogen-bond acceptors (Lipinski definition) is 5. The van der Waals surface area contributed by atoms with E-state index in [2.05, 4.69) is 0 Å². The molecule has 160 valence electrons. The van der Waals surface area contributed by atoms with Gasteiger partial charge in [-0.2, -0.15) is 0 Å². The third kappa shape index (κ3) is 6.07. The van der Waals surface area contributed by atoms with Crippen LogP contribution in [0.3, 0.4) is 0 Å². The fourth-order valence-electron chi connectivity index (χ4n) is 3.24. The molecule has 1 aliphatic rings. The van der Waals surface area contributed by atoms with Gasteiger partial charge in [0.05, 0.1) is 21.4 Å². The van der Waals surface area contributed by atoms with Crippen LogP contribution in [0.15, 0.2) is 46.7 Å². The second-order valence-electron chi connectivity index (χ2n) is 6.87. The monoisotopic (exact) mass is 469 g/mol. The Kier molecular flexibility index (Phi) is 7.93. The van der Waals surface area contributed by atoms with Gasteiger partial charge in [-0.15, -0.1) is 23.1 Å². The molecule has 0 radical (unpaired) electrons. The van der Waals surface area contributed by atoms with Crippen molar-refractivity contribution in [1.82, 2.24) is 4.90 Å². The molecule has 1 fully saturated rings. The minimum atomic E-state index is -0.937. The summed E-state index contributed by atoms with van der Waals surface area (Å²) in [6, 6.07) is 7.63. The van der Waals surface area contributed by atoms with Crippen molar-refractivity contribution in [2.24, 2.45) is 0 Å². The lowest BCUT2D eigenvalue weighted by atomic mass is 10.1. The zero-order valence-corrected chi connectivity index (χ0v) is 18.4. The third-order valence-corrected chi connectivity index (χ3v) is 7.30. The number of thioether (sulfide) groups is 1. The van der Waals surface area contributed by atoms with Crippen LogP contribution < -0.4 is 0 Å². The Labute approximate surface area is 187 Å². The average Bonchev–Trinajstić information content (AvgIpc) is 3.31. The van der Waals surface area contributed by atoms with Crippen LogP contribution in [0.2, 0.25) is 5.02 Å². The molecule has 2 N–H and O–H groups in total. The van der Waals surface area contributed by atoms with Crippen molar-refractivity contribution in [3.63, 3.8) is 0 Å². The number of likely N-dealkylation sites (tertiary alicyclic amines) is 1. The number of carbonyl (C=O) groups excluding carboxylic acids is 1. The molecule has 3 rings (SSSR count). The predicted octanol–water partition coefficient (Wildman–Crippen LogP) is 4.48. The van der Waals surface area contributed by atoms with Gasteiger partial charge in [-0.3, -0.25) is 4.79 Å². The van der Waals surface area contributed by atoms with Gasteiger partial charge in [-0.25, -0.2) is 9.18 Å². The molecule has 0 saturated carbocycles. The highest BCUT2D eigenvalue weighted by Gasteiger charge is 2.28. The molecule has 9 heteroatoms. The molecule has 0 bridgehead atoms. The van der Waals surface area contributed by atoms with E-state index in [0.717, 1.165) is 9.77 Å². The van der Waals surface area contributed by atoms with Crippen LogP contribution in [0.4, 0.5) is 4.39 Å². The maximum absolute atomic E-state index is 13.2. The molecular weight excluding hydrogens is 449 g/mol. The quantitative estimate of drug-likeness (QED) is 0.418. The van der Waals surface area contributed by atoms with Crippen LogP contribution in [-0.4, -0.2) is 51.4 Å². The predicted molar refractivity (Wildman–Crippen MR) is 117 cm³/mol. The molecule has 1 saturated heterocycles. The Balaban J connectivity index is 1.51. The Morgan fingerprint density at radius 3 is 2.90 bits per heavy atom. The lowest BCUT2D eigenvalue weighted by Crippen LogP contribution is -2.33. The van der Waals surface area contributed by atoms with E-state index in [0.29, 0.717) is 36.4 Å². The van der Waals surface area contributed by atoms with E-state index in [1.165, 1.54) is 35.2 Å². The Morgan fingerprint density at radius 1 is 1.40 bits per heavy atom. The van der Waals surface area contributed by atoms with Gasteiger partial charge < -0.3 is 15.1 Å². The molecule has 1 aromatic heterocycles. The summed E-state index contributed by atoms with van der Waals surface area (Å²) in [5, 5.41) is 19.3. The summed E-state index contributed by atoms with van der Waals surface area (Å²) >= 11 is 8.52. The van der Waals surface area contributed by atoms with E-state index < -0.39 is 17.9 Å². The van der Waals surface area contributed by atoms with Gasteiger partial charge in [0.1, 0.15) is 10.7 Å². The van der Waals surface area contributed by atoms with Crippen molar-refractivity contribution in [2.45, 2.75) is 35.6 Å². The molecule has 2 atom stereocenters. The number of hydrogen-bond donors (Lipinski definition) is 2. The Morgan fingerprint density at radius 2 is 2.20 bits per heavy atom. The highest BCUT2D eigenvalue weighted by molar-refractivity contribution is 8.01. The van der Waals surface area contributed by atoms with E-state index in [1.807, 2.05) is 6.08 Å². The number of amides is 1. The summed E-state index contributed by atoms with van der Waals surface area (Å²) < 4.78 is 14.1. The number of aliphatic hydroxyl groups excluding tert-OH is 1. The first kappa shape index (κ1) is 22.8. The Hall–Kier alpha value is -1.87. The molecule has 0 unspecified atom stereocenters.